The number of pyridine rings is 1. The third-order valence-electron chi connectivity index (χ3n) is 5.81. The summed E-state index contributed by atoms with van der Waals surface area (Å²) in [5, 5.41) is 17.8. The number of nitrogens with two attached hydrogens (primary N) is 1. The number of ether oxygens (including phenoxy) is 2. The van der Waals surface area contributed by atoms with Gasteiger partial charge in [-0.15, -0.1) is 0 Å². The molecular formula is C26H34F3N5O7. The molecule has 1 amide bonds. The van der Waals surface area contributed by atoms with Crippen molar-refractivity contribution in [2.45, 2.75) is 39.3 Å². The highest BCUT2D eigenvalue weighted by atomic mass is 19.4. The second-order valence-corrected chi connectivity index (χ2v) is 8.79. The molecule has 0 spiro atoms. The predicted molar refractivity (Wildman–Crippen MR) is 139 cm³/mol. The van der Waals surface area contributed by atoms with Gasteiger partial charge in [-0.25, -0.2) is 9.13 Å². The summed E-state index contributed by atoms with van der Waals surface area (Å²) in [6.45, 7) is 5.07. The maximum absolute atomic E-state index is 12.2. The van der Waals surface area contributed by atoms with E-state index in [1.54, 1.807) is 20.3 Å². The van der Waals surface area contributed by atoms with E-state index in [4.69, 9.17) is 30.2 Å². The Morgan fingerprint density at radius 1 is 1.12 bits per heavy atom. The zero-order valence-corrected chi connectivity index (χ0v) is 23.0. The molecule has 12 nitrogen and oxygen atoms in total. The Balaban J connectivity index is 0.000000745. The van der Waals surface area contributed by atoms with Crippen molar-refractivity contribution in [1.82, 2.24) is 14.0 Å². The summed E-state index contributed by atoms with van der Waals surface area (Å²) in [6, 6.07) is 8.77. The Kier molecular flexibility index (Phi) is 12.3. The molecule has 1 aromatic carbocycles. The molecule has 0 aliphatic heterocycles. The Morgan fingerprint density at radius 2 is 1.78 bits per heavy atom. The van der Waals surface area contributed by atoms with Gasteiger partial charge in [-0.3, -0.25) is 9.59 Å². The minimum atomic E-state index is -5.19. The molecule has 2 heterocycles. The van der Waals surface area contributed by atoms with Crippen molar-refractivity contribution < 1.29 is 47.0 Å². The summed E-state index contributed by atoms with van der Waals surface area (Å²) in [7, 11) is 3.34. The minimum Gasteiger partial charge on any atom is -0.542 e. The molecule has 0 radical (unpaired) electrons. The number of rotatable bonds is 12. The number of nitrogens with zero attached hydrogens (tertiary/aromatic N) is 4. The molecular weight excluding hydrogens is 551 g/mol. The van der Waals surface area contributed by atoms with Crippen LogP contribution in [0, 0.1) is 0 Å². The van der Waals surface area contributed by atoms with Gasteiger partial charge in [0.05, 0.1) is 38.5 Å². The number of fused-ring (bicyclic) bond motifs is 1. The fourth-order valence-corrected chi connectivity index (χ4v) is 3.96. The topological polar surface area (TPSA) is 156 Å². The van der Waals surface area contributed by atoms with Crippen LogP contribution in [0.3, 0.4) is 0 Å². The number of alkyl halides is 3. The second-order valence-electron chi connectivity index (χ2n) is 8.79. The number of aryl methyl sites for hydroxylation is 1. The van der Waals surface area contributed by atoms with Gasteiger partial charge in [0.15, 0.2) is 11.0 Å². The molecule has 15 heteroatoms. The van der Waals surface area contributed by atoms with Crippen LogP contribution in [0.15, 0.2) is 41.3 Å². The summed E-state index contributed by atoms with van der Waals surface area (Å²) >= 11 is 0. The van der Waals surface area contributed by atoms with Crippen molar-refractivity contribution in [3.63, 3.8) is 0 Å². The number of hydrogen-bond acceptors (Lipinski definition) is 8. The standard InChI is InChI=1S/C24H34N5O5.C2HF3O2/c1-4-28-20-7-6-19(34-14-11-30)15-21(20)29(22(28)16-25)10-13-33-12-9-27-17-18(5-8-23(27)31)24(32)26(2)3;3-2(4,5)1(6)7/h5-8,15,17,30H,4,9-14,16,25H2,1-3H3;(H,6,7)/q+1;/p-1. The van der Waals surface area contributed by atoms with E-state index >= 15 is 0 Å². The number of halogens is 3. The van der Waals surface area contributed by atoms with Crippen LogP contribution in [0.2, 0.25) is 0 Å². The molecule has 0 saturated carbocycles. The number of amides is 1. The first-order valence-corrected chi connectivity index (χ1v) is 12.6. The first kappa shape index (κ1) is 33.3. The molecule has 0 aliphatic rings. The van der Waals surface area contributed by atoms with Crippen LogP contribution in [-0.2, 0) is 35.7 Å². The number of carboxylic acid groups (broad SMARTS) is 1. The summed E-state index contributed by atoms with van der Waals surface area (Å²) in [6.07, 6.45) is -3.63. The van der Waals surface area contributed by atoms with Crippen molar-refractivity contribution in [2.24, 2.45) is 5.73 Å². The first-order valence-electron chi connectivity index (χ1n) is 12.6. The number of carbonyl (C=O) groups excluding carboxylic acids is 2. The molecule has 0 saturated heterocycles. The molecule has 2 aromatic heterocycles. The lowest BCUT2D eigenvalue weighted by atomic mass is 10.2. The van der Waals surface area contributed by atoms with Crippen LogP contribution in [0.4, 0.5) is 13.2 Å². The zero-order chi connectivity index (χ0) is 30.7. The van der Waals surface area contributed by atoms with Crippen LogP contribution >= 0.6 is 0 Å². The van der Waals surface area contributed by atoms with Gasteiger partial charge in [-0.05, 0) is 25.1 Å². The van der Waals surface area contributed by atoms with E-state index in [-0.39, 0.29) is 24.7 Å². The number of aliphatic carboxylic acids is 1. The molecule has 0 fully saturated rings. The van der Waals surface area contributed by atoms with Crippen molar-refractivity contribution in [2.75, 3.05) is 40.5 Å². The quantitative estimate of drug-likeness (QED) is 0.216. The molecule has 0 unspecified atom stereocenters. The van der Waals surface area contributed by atoms with Crippen LogP contribution < -0.4 is 25.7 Å². The normalized spacial score (nSPS) is 11.2. The van der Waals surface area contributed by atoms with Gasteiger partial charge >= 0.3 is 6.18 Å². The van der Waals surface area contributed by atoms with Gasteiger partial charge in [0, 0.05) is 39.0 Å². The number of aliphatic hydroxyl groups is 1. The fraction of sp³-hybridized carbons (Fsp3) is 0.462. The Labute approximate surface area is 233 Å². The van der Waals surface area contributed by atoms with Gasteiger partial charge < -0.3 is 39.7 Å². The molecule has 226 valence electrons. The fourth-order valence-electron chi connectivity index (χ4n) is 3.96. The SMILES string of the molecule is CC[n+]1c(CN)n(CCOCCn2cc(C(=O)N(C)C)ccc2=O)c2cc(OCCO)ccc21.O=C([O-])C(F)(F)F. The maximum atomic E-state index is 12.2. The smallest absolute Gasteiger partial charge is 0.430 e. The number of imidazole rings is 1. The summed E-state index contributed by atoms with van der Waals surface area (Å²) in [5.74, 6) is -1.51. The minimum absolute atomic E-state index is 0.0504. The van der Waals surface area contributed by atoms with E-state index in [9.17, 15) is 22.8 Å². The van der Waals surface area contributed by atoms with Crippen LogP contribution in [0.25, 0.3) is 11.0 Å². The van der Waals surface area contributed by atoms with E-state index in [0.717, 1.165) is 23.4 Å². The number of hydrogen-bond donors (Lipinski definition) is 2. The van der Waals surface area contributed by atoms with Crippen LogP contribution in [0.1, 0.15) is 23.1 Å². The van der Waals surface area contributed by atoms with Gasteiger partial charge in [-0.1, -0.05) is 0 Å². The third kappa shape index (κ3) is 9.03. The van der Waals surface area contributed by atoms with Crippen molar-refractivity contribution >= 4 is 22.9 Å². The largest absolute Gasteiger partial charge is 0.542 e. The Morgan fingerprint density at radius 3 is 2.34 bits per heavy atom. The predicted octanol–water partition coefficient (Wildman–Crippen LogP) is -0.343. The second kappa shape index (κ2) is 15.2. The molecule has 0 aliphatic carbocycles. The van der Waals surface area contributed by atoms with Crippen molar-refractivity contribution in [3.05, 3.63) is 58.3 Å². The summed E-state index contributed by atoms with van der Waals surface area (Å²) in [4.78, 5) is 34.6. The highest BCUT2D eigenvalue weighted by Gasteiger charge is 2.29. The van der Waals surface area contributed by atoms with Crippen molar-refractivity contribution in [1.29, 1.82) is 0 Å². The number of aliphatic hydroxyl groups excluding tert-OH is 1. The van der Waals surface area contributed by atoms with Gasteiger partial charge in [0.25, 0.3) is 17.3 Å². The molecule has 3 rings (SSSR count). The van der Waals surface area contributed by atoms with Gasteiger partial charge in [0.1, 0.15) is 24.9 Å². The van der Waals surface area contributed by atoms with E-state index in [1.807, 2.05) is 18.2 Å². The lowest BCUT2D eigenvalue weighted by molar-refractivity contribution is -0.676. The van der Waals surface area contributed by atoms with E-state index < -0.39 is 12.1 Å². The van der Waals surface area contributed by atoms with E-state index in [1.165, 1.54) is 21.6 Å². The molecule has 41 heavy (non-hydrogen) atoms. The van der Waals surface area contributed by atoms with Crippen LogP contribution in [0.5, 0.6) is 5.75 Å². The number of benzene rings is 1. The van der Waals surface area contributed by atoms with E-state index in [0.29, 0.717) is 44.2 Å². The Hall–Kier alpha value is -3.95. The lowest BCUT2D eigenvalue weighted by Gasteiger charge is -2.12. The number of aromatic nitrogens is 3. The monoisotopic (exact) mass is 585 g/mol. The van der Waals surface area contributed by atoms with Gasteiger partial charge in [0.2, 0.25) is 0 Å². The molecule has 3 aromatic rings. The zero-order valence-electron chi connectivity index (χ0n) is 23.0. The third-order valence-corrected chi connectivity index (χ3v) is 5.81. The highest BCUT2D eigenvalue weighted by molar-refractivity contribution is 5.93. The average molecular weight is 586 g/mol. The summed E-state index contributed by atoms with van der Waals surface area (Å²) < 4.78 is 48.7. The lowest BCUT2D eigenvalue weighted by Crippen LogP contribution is -2.38. The molecule has 3 N–H and O–H groups in total. The molecule has 0 atom stereocenters. The molecule has 0 bridgehead atoms. The van der Waals surface area contributed by atoms with Crippen molar-refractivity contribution in [3.8, 4) is 5.75 Å². The van der Waals surface area contributed by atoms with Crippen LogP contribution in [-0.4, -0.2) is 77.7 Å². The number of carboxylic acids is 1. The van der Waals surface area contributed by atoms with Gasteiger partial charge in [-0.2, -0.15) is 13.2 Å². The number of carbonyl (C=O) groups is 2. The Bertz CT molecular complexity index is 1390. The highest BCUT2D eigenvalue weighted by Crippen LogP contribution is 2.21. The van der Waals surface area contributed by atoms with E-state index in [2.05, 4.69) is 16.1 Å². The maximum Gasteiger partial charge on any atom is 0.430 e. The average Bonchev–Trinajstić information content (AvgIpc) is 3.23. The first-order chi connectivity index (χ1) is 19.3. The summed E-state index contributed by atoms with van der Waals surface area (Å²) in [5.41, 5.74) is 8.38.